The smallest absolute Gasteiger partial charge is 0.319 e. The van der Waals surface area contributed by atoms with Crippen molar-refractivity contribution in [2.75, 3.05) is 18.9 Å². The average molecular weight is 269 g/mol. The minimum Gasteiger partial charge on any atom is -0.465 e. The number of halogens is 1. The number of ether oxygens (including phenoxy) is 1. The maximum atomic E-state index is 13.6. The summed E-state index contributed by atoms with van der Waals surface area (Å²) >= 11 is 1.53. The fraction of sp³-hybridized carbons (Fsp3) is 0.462. The standard InChI is InChI=1S/C13H16FNO2S/c1-2-17-12(16)8-15-11-6-7-18-13-9(11)4-3-5-10(13)14/h3-5,11,15H,2,6-8H2,1H3. The first-order valence-electron chi connectivity index (χ1n) is 6.02. The van der Waals surface area contributed by atoms with Crippen molar-refractivity contribution in [3.63, 3.8) is 0 Å². The molecular formula is C13H16FNO2S. The van der Waals surface area contributed by atoms with Crippen LogP contribution in [0.2, 0.25) is 0 Å². The molecule has 1 aliphatic rings. The number of carbonyl (C=O) groups is 1. The molecule has 0 aromatic heterocycles. The van der Waals surface area contributed by atoms with Crippen molar-refractivity contribution in [3.05, 3.63) is 29.6 Å². The van der Waals surface area contributed by atoms with Gasteiger partial charge in [0.2, 0.25) is 0 Å². The van der Waals surface area contributed by atoms with E-state index in [9.17, 15) is 9.18 Å². The first-order valence-corrected chi connectivity index (χ1v) is 7.01. The lowest BCUT2D eigenvalue weighted by Gasteiger charge is -2.25. The lowest BCUT2D eigenvalue weighted by atomic mass is 10.0. The number of esters is 1. The molecule has 1 N–H and O–H groups in total. The second-order valence-corrected chi connectivity index (χ2v) is 5.14. The van der Waals surface area contributed by atoms with E-state index in [4.69, 9.17) is 4.74 Å². The van der Waals surface area contributed by atoms with Gasteiger partial charge in [-0.15, -0.1) is 11.8 Å². The van der Waals surface area contributed by atoms with Crippen LogP contribution in [0.25, 0.3) is 0 Å². The van der Waals surface area contributed by atoms with Gasteiger partial charge in [-0.3, -0.25) is 10.1 Å². The van der Waals surface area contributed by atoms with E-state index in [2.05, 4.69) is 5.32 Å². The number of nitrogens with one attached hydrogen (secondary N) is 1. The summed E-state index contributed by atoms with van der Waals surface area (Å²) in [4.78, 5) is 12.0. The van der Waals surface area contributed by atoms with Gasteiger partial charge in [-0.05, 0) is 30.7 Å². The second kappa shape index (κ2) is 6.20. The summed E-state index contributed by atoms with van der Waals surface area (Å²) in [5.74, 6) is 0.405. The van der Waals surface area contributed by atoms with Gasteiger partial charge in [0.15, 0.2) is 0 Å². The molecule has 1 aliphatic heterocycles. The Morgan fingerprint density at radius 1 is 1.61 bits per heavy atom. The molecule has 1 unspecified atom stereocenters. The summed E-state index contributed by atoms with van der Waals surface area (Å²) in [6.07, 6.45) is 0.889. The van der Waals surface area contributed by atoms with E-state index < -0.39 is 0 Å². The Balaban J connectivity index is 2.04. The summed E-state index contributed by atoms with van der Waals surface area (Å²) < 4.78 is 18.5. The molecule has 1 aromatic rings. The van der Waals surface area contributed by atoms with Crippen LogP contribution in [0, 0.1) is 5.82 Å². The van der Waals surface area contributed by atoms with Crippen LogP contribution in [0.5, 0.6) is 0 Å². The summed E-state index contributed by atoms with van der Waals surface area (Å²) in [6, 6.07) is 5.12. The van der Waals surface area contributed by atoms with E-state index >= 15 is 0 Å². The Kier molecular flexibility index (Phi) is 4.60. The first kappa shape index (κ1) is 13.4. The molecule has 0 spiro atoms. The second-order valence-electron chi connectivity index (χ2n) is 4.03. The fourth-order valence-corrected chi connectivity index (χ4v) is 3.16. The highest BCUT2D eigenvalue weighted by Crippen LogP contribution is 2.37. The third kappa shape index (κ3) is 3.03. The third-order valence-corrected chi connectivity index (χ3v) is 3.98. The number of benzene rings is 1. The predicted molar refractivity (Wildman–Crippen MR) is 69.1 cm³/mol. The molecule has 0 saturated heterocycles. The third-order valence-electron chi connectivity index (χ3n) is 2.82. The molecule has 98 valence electrons. The summed E-state index contributed by atoms with van der Waals surface area (Å²) in [7, 11) is 0. The number of hydrogen-bond acceptors (Lipinski definition) is 4. The van der Waals surface area contributed by atoms with Gasteiger partial charge in [-0.1, -0.05) is 12.1 Å². The molecule has 0 saturated carbocycles. The number of fused-ring (bicyclic) bond motifs is 1. The van der Waals surface area contributed by atoms with Gasteiger partial charge >= 0.3 is 5.97 Å². The molecule has 1 atom stereocenters. The molecule has 0 amide bonds. The molecular weight excluding hydrogens is 253 g/mol. The zero-order valence-electron chi connectivity index (χ0n) is 10.2. The van der Waals surface area contributed by atoms with Crippen molar-refractivity contribution >= 4 is 17.7 Å². The largest absolute Gasteiger partial charge is 0.465 e. The summed E-state index contributed by atoms with van der Waals surface area (Å²) in [5.41, 5.74) is 0.940. The van der Waals surface area contributed by atoms with E-state index in [0.717, 1.165) is 17.7 Å². The average Bonchev–Trinajstić information content (AvgIpc) is 2.37. The minimum atomic E-state index is -0.270. The van der Waals surface area contributed by atoms with Gasteiger partial charge in [0.25, 0.3) is 0 Å². The van der Waals surface area contributed by atoms with Gasteiger partial charge in [0.05, 0.1) is 13.2 Å². The van der Waals surface area contributed by atoms with Crippen molar-refractivity contribution < 1.29 is 13.9 Å². The van der Waals surface area contributed by atoms with Crippen LogP contribution in [0.15, 0.2) is 23.1 Å². The Bertz CT molecular complexity index is 439. The Labute approximate surface area is 110 Å². The van der Waals surface area contributed by atoms with Crippen molar-refractivity contribution in [1.82, 2.24) is 5.32 Å². The van der Waals surface area contributed by atoms with Gasteiger partial charge < -0.3 is 4.74 Å². The Hall–Kier alpha value is -1.07. The molecule has 2 rings (SSSR count). The molecule has 0 bridgehead atoms. The van der Waals surface area contributed by atoms with Crippen molar-refractivity contribution in [1.29, 1.82) is 0 Å². The SMILES string of the molecule is CCOC(=O)CNC1CCSc2c(F)cccc21. The zero-order chi connectivity index (χ0) is 13.0. The monoisotopic (exact) mass is 269 g/mol. The number of carbonyl (C=O) groups excluding carboxylic acids is 1. The van der Waals surface area contributed by atoms with Crippen LogP contribution < -0.4 is 5.32 Å². The minimum absolute atomic E-state index is 0.0290. The van der Waals surface area contributed by atoms with Gasteiger partial charge in [-0.25, -0.2) is 4.39 Å². The van der Waals surface area contributed by atoms with Crippen molar-refractivity contribution in [3.8, 4) is 0 Å². The lowest BCUT2D eigenvalue weighted by Crippen LogP contribution is -2.31. The lowest BCUT2D eigenvalue weighted by molar-refractivity contribution is -0.142. The molecule has 0 fully saturated rings. The molecule has 0 aliphatic carbocycles. The maximum Gasteiger partial charge on any atom is 0.319 e. The highest BCUT2D eigenvalue weighted by molar-refractivity contribution is 7.99. The summed E-state index contributed by atoms with van der Waals surface area (Å²) in [5, 5.41) is 3.14. The Morgan fingerprint density at radius 2 is 2.44 bits per heavy atom. The fourth-order valence-electron chi connectivity index (χ4n) is 2.02. The van der Waals surface area contributed by atoms with E-state index in [1.54, 1.807) is 13.0 Å². The van der Waals surface area contributed by atoms with E-state index in [0.29, 0.717) is 11.5 Å². The molecule has 3 nitrogen and oxygen atoms in total. The van der Waals surface area contributed by atoms with Crippen molar-refractivity contribution in [2.45, 2.75) is 24.3 Å². The van der Waals surface area contributed by atoms with Gasteiger partial charge in [0.1, 0.15) is 5.82 Å². The van der Waals surface area contributed by atoms with Gasteiger partial charge in [0, 0.05) is 10.9 Å². The van der Waals surface area contributed by atoms with Gasteiger partial charge in [-0.2, -0.15) is 0 Å². The summed E-state index contributed by atoms with van der Waals surface area (Å²) in [6.45, 7) is 2.32. The molecule has 1 heterocycles. The van der Waals surface area contributed by atoms with E-state index in [1.807, 2.05) is 6.07 Å². The van der Waals surface area contributed by atoms with Crippen LogP contribution in [-0.2, 0) is 9.53 Å². The molecule has 18 heavy (non-hydrogen) atoms. The van der Waals surface area contributed by atoms with Crippen LogP contribution in [-0.4, -0.2) is 24.9 Å². The number of rotatable bonds is 4. The zero-order valence-corrected chi connectivity index (χ0v) is 11.1. The normalized spacial score (nSPS) is 18.2. The van der Waals surface area contributed by atoms with E-state index in [1.165, 1.54) is 17.8 Å². The van der Waals surface area contributed by atoms with Crippen molar-refractivity contribution in [2.24, 2.45) is 0 Å². The highest BCUT2D eigenvalue weighted by atomic mass is 32.2. The number of thioether (sulfide) groups is 1. The maximum absolute atomic E-state index is 13.6. The molecule has 1 aromatic carbocycles. The highest BCUT2D eigenvalue weighted by Gasteiger charge is 2.23. The predicted octanol–water partition coefficient (Wildman–Crippen LogP) is 2.52. The van der Waals surface area contributed by atoms with Crippen LogP contribution >= 0.6 is 11.8 Å². The molecule has 0 radical (unpaired) electrons. The first-order chi connectivity index (χ1) is 8.72. The van der Waals surface area contributed by atoms with Crippen LogP contribution in [0.3, 0.4) is 0 Å². The Morgan fingerprint density at radius 3 is 3.22 bits per heavy atom. The number of hydrogen-bond donors (Lipinski definition) is 1. The topological polar surface area (TPSA) is 38.3 Å². The molecule has 5 heteroatoms. The van der Waals surface area contributed by atoms with Crippen LogP contribution in [0.4, 0.5) is 4.39 Å². The van der Waals surface area contributed by atoms with Crippen LogP contribution in [0.1, 0.15) is 24.9 Å². The quantitative estimate of drug-likeness (QED) is 0.852. The van der Waals surface area contributed by atoms with E-state index in [-0.39, 0.29) is 24.4 Å².